The lowest BCUT2D eigenvalue weighted by molar-refractivity contribution is -0.139. The van der Waals surface area contributed by atoms with Crippen molar-refractivity contribution in [3.63, 3.8) is 0 Å². The number of carboxylic acid groups (broad SMARTS) is 1. The first-order chi connectivity index (χ1) is 12.5. The van der Waals surface area contributed by atoms with Crippen molar-refractivity contribution in [1.29, 1.82) is 0 Å². The molecule has 3 rings (SSSR count). The van der Waals surface area contributed by atoms with Gasteiger partial charge >= 0.3 is 5.97 Å². The number of carboxylic acids is 1. The molecule has 1 atom stereocenters. The van der Waals surface area contributed by atoms with E-state index in [4.69, 9.17) is 14.2 Å². The highest BCUT2D eigenvalue weighted by Gasteiger charge is 2.25. The Morgan fingerprint density at radius 3 is 2.42 bits per heavy atom. The van der Waals surface area contributed by atoms with E-state index >= 15 is 0 Å². The Morgan fingerprint density at radius 1 is 1.12 bits per heavy atom. The Bertz CT molecular complexity index is 826. The zero-order valence-electron chi connectivity index (χ0n) is 14.4. The fraction of sp³-hybridized carbons (Fsp3) is 0.263. The summed E-state index contributed by atoms with van der Waals surface area (Å²) in [6.45, 7) is 0.576. The van der Waals surface area contributed by atoms with Crippen molar-refractivity contribution in [3.05, 3.63) is 53.1 Å². The molecule has 1 aliphatic heterocycles. The minimum atomic E-state index is -1.18. The second kappa shape index (κ2) is 7.35. The van der Waals surface area contributed by atoms with Gasteiger partial charge in [0.2, 0.25) is 0 Å². The summed E-state index contributed by atoms with van der Waals surface area (Å²) in [4.78, 5) is 24.3. The molecule has 0 radical (unpaired) electrons. The Balaban J connectivity index is 1.86. The molecule has 0 bridgehead atoms. The third-order valence-corrected chi connectivity index (χ3v) is 4.18. The maximum Gasteiger partial charge on any atom is 0.330 e. The van der Waals surface area contributed by atoms with Crippen molar-refractivity contribution < 1.29 is 28.9 Å². The van der Waals surface area contributed by atoms with Crippen molar-refractivity contribution in [3.8, 4) is 17.2 Å². The van der Waals surface area contributed by atoms with E-state index in [1.54, 1.807) is 24.3 Å². The van der Waals surface area contributed by atoms with Gasteiger partial charge in [0.1, 0.15) is 17.2 Å². The van der Waals surface area contributed by atoms with Crippen LogP contribution in [-0.2, 0) is 11.2 Å². The number of ether oxygens (including phenoxy) is 3. The van der Waals surface area contributed by atoms with Gasteiger partial charge in [-0.3, -0.25) is 4.79 Å². The number of methoxy groups -OCH3 is 2. The predicted molar refractivity (Wildman–Crippen MR) is 93.0 cm³/mol. The van der Waals surface area contributed by atoms with Crippen molar-refractivity contribution in [2.24, 2.45) is 0 Å². The first-order valence-electron chi connectivity index (χ1n) is 8.04. The van der Waals surface area contributed by atoms with Crippen LogP contribution in [-0.4, -0.2) is 37.8 Å². The normalized spacial score (nSPS) is 13.3. The predicted octanol–water partition coefficient (Wildman–Crippen LogP) is 2.19. The van der Waals surface area contributed by atoms with Crippen LogP contribution < -0.4 is 19.5 Å². The second-order valence-electron chi connectivity index (χ2n) is 5.81. The molecule has 0 saturated heterocycles. The number of rotatable bonds is 6. The number of aliphatic carboxylic acids is 1. The number of nitrogens with one attached hydrogen (secondary N) is 1. The minimum absolute atomic E-state index is 0.247. The number of carbonyl (C=O) groups is 2. The molecule has 26 heavy (non-hydrogen) atoms. The standard InChI is InChI=1S/C19H19NO6/c1-24-14-8-13(9-15(10-14)25-2)18(21)20-17(19(22)23)12-3-4-16-11(7-12)5-6-26-16/h3-4,7-10,17H,5-6H2,1-2H3,(H,20,21)(H,22,23). The van der Waals surface area contributed by atoms with E-state index in [9.17, 15) is 14.7 Å². The summed E-state index contributed by atoms with van der Waals surface area (Å²) in [5.74, 6) is -0.0488. The summed E-state index contributed by atoms with van der Waals surface area (Å²) in [5.41, 5.74) is 1.67. The number of carbonyl (C=O) groups excluding carboxylic acids is 1. The van der Waals surface area contributed by atoms with Crippen LogP contribution in [0.1, 0.15) is 27.5 Å². The van der Waals surface area contributed by atoms with Crippen LogP contribution in [0.2, 0.25) is 0 Å². The van der Waals surface area contributed by atoms with Gasteiger partial charge in [-0.15, -0.1) is 0 Å². The zero-order valence-corrected chi connectivity index (χ0v) is 14.4. The molecule has 2 aromatic rings. The van der Waals surface area contributed by atoms with Gasteiger partial charge in [-0.1, -0.05) is 6.07 Å². The molecule has 0 aromatic heterocycles. The molecule has 2 N–H and O–H groups in total. The average molecular weight is 357 g/mol. The molecular weight excluding hydrogens is 338 g/mol. The molecule has 1 amide bonds. The molecule has 7 heteroatoms. The highest BCUT2D eigenvalue weighted by Crippen LogP contribution is 2.29. The van der Waals surface area contributed by atoms with Gasteiger partial charge in [0.05, 0.1) is 20.8 Å². The van der Waals surface area contributed by atoms with Gasteiger partial charge in [-0.25, -0.2) is 4.79 Å². The lowest BCUT2D eigenvalue weighted by Crippen LogP contribution is -2.33. The quantitative estimate of drug-likeness (QED) is 0.823. The third-order valence-electron chi connectivity index (χ3n) is 4.18. The van der Waals surface area contributed by atoms with Crippen molar-refractivity contribution in [2.45, 2.75) is 12.5 Å². The Hall–Kier alpha value is -3.22. The smallest absolute Gasteiger partial charge is 0.330 e. The van der Waals surface area contributed by atoms with Gasteiger partial charge in [0.15, 0.2) is 6.04 Å². The number of hydrogen-bond donors (Lipinski definition) is 2. The van der Waals surface area contributed by atoms with E-state index in [2.05, 4.69) is 5.32 Å². The Kier molecular flexibility index (Phi) is 4.97. The van der Waals surface area contributed by atoms with E-state index in [1.807, 2.05) is 0 Å². The summed E-state index contributed by atoms with van der Waals surface area (Å²) in [6, 6.07) is 8.63. The van der Waals surface area contributed by atoms with Crippen LogP contribution in [0.25, 0.3) is 0 Å². The van der Waals surface area contributed by atoms with E-state index in [0.29, 0.717) is 23.7 Å². The number of hydrogen-bond acceptors (Lipinski definition) is 5. The largest absolute Gasteiger partial charge is 0.497 e. The maximum absolute atomic E-state index is 12.6. The highest BCUT2D eigenvalue weighted by atomic mass is 16.5. The maximum atomic E-state index is 12.6. The van der Waals surface area contributed by atoms with Gasteiger partial charge in [-0.2, -0.15) is 0 Å². The lowest BCUT2D eigenvalue weighted by Gasteiger charge is -2.16. The highest BCUT2D eigenvalue weighted by molar-refractivity contribution is 5.97. The van der Waals surface area contributed by atoms with Gasteiger partial charge in [0.25, 0.3) is 5.91 Å². The first kappa shape index (κ1) is 17.6. The number of fused-ring (bicyclic) bond motifs is 1. The van der Waals surface area contributed by atoms with Crippen LogP contribution in [0.15, 0.2) is 36.4 Å². The molecule has 1 heterocycles. The molecular formula is C19H19NO6. The van der Waals surface area contributed by atoms with Crippen LogP contribution in [0.5, 0.6) is 17.2 Å². The summed E-state index contributed by atoms with van der Waals surface area (Å²) in [6.07, 6.45) is 0.719. The number of benzene rings is 2. The van der Waals surface area contributed by atoms with Crippen LogP contribution in [0.3, 0.4) is 0 Å². The molecule has 0 aliphatic carbocycles. The fourth-order valence-electron chi connectivity index (χ4n) is 2.83. The lowest BCUT2D eigenvalue weighted by atomic mass is 10.0. The van der Waals surface area contributed by atoms with Gasteiger partial charge in [-0.05, 0) is 35.4 Å². The summed E-state index contributed by atoms with van der Waals surface area (Å²) in [5, 5.41) is 12.1. The van der Waals surface area contributed by atoms with Crippen molar-refractivity contribution in [1.82, 2.24) is 5.32 Å². The molecule has 1 aliphatic rings. The Labute approximate surface area is 150 Å². The van der Waals surface area contributed by atoms with Gasteiger partial charge < -0.3 is 24.6 Å². The minimum Gasteiger partial charge on any atom is -0.497 e. The molecule has 1 unspecified atom stereocenters. The average Bonchev–Trinajstić information content (AvgIpc) is 3.12. The van der Waals surface area contributed by atoms with Gasteiger partial charge in [0, 0.05) is 18.1 Å². The fourth-order valence-corrected chi connectivity index (χ4v) is 2.83. The van der Waals surface area contributed by atoms with E-state index < -0.39 is 17.9 Å². The third kappa shape index (κ3) is 3.56. The van der Waals surface area contributed by atoms with Crippen molar-refractivity contribution in [2.75, 3.05) is 20.8 Å². The monoisotopic (exact) mass is 357 g/mol. The molecule has 2 aromatic carbocycles. The SMILES string of the molecule is COc1cc(OC)cc(C(=O)NC(C(=O)O)c2ccc3c(c2)CCO3)c1. The Morgan fingerprint density at radius 2 is 1.81 bits per heavy atom. The second-order valence-corrected chi connectivity index (χ2v) is 5.81. The molecule has 0 fully saturated rings. The van der Waals surface area contributed by atoms with Crippen molar-refractivity contribution >= 4 is 11.9 Å². The zero-order chi connectivity index (χ0) is 18.7. The summed E-state index contributed by atoms with van der Waals surface area (Å²) < 4.78 is 15.7. The number of amides is 1. The van der Waals surface area contributed by atoms with Crippen LogP contribution >= 0.6 is 0 Å². The topological polar surface area (TPSA) is 94.1 Å². The van der Waals surface area contributed by atoms with Crippen LogP contribution in [0.4, 0.5) is 0 Å². The van der Waals surface area contributed by atoms with E-state index in [-0.39, 0.29) is 5.56 Å². The van der Waals surface area contributed by atoms with E-state index in [0.717, 1.165) is 17.7 Å². The van der Waals surface area contributed by atoms with Crippen LogP contribution in [0, 0.1) is 0 Å². The summed E-state index contributed by atoms with van der Waals surface area (Å²) in [7, 11) is 2.95. The first-order valence-corrected chi connectivity index (χ1v) is 8.04. The molecule has 136 valence electrons. The molecule has 0 saturated carbocycles. The van der Waals surface area contributed by atoms with E-state index in [1.165, 1.54) is 26.4 Å². The summed E-state index contributed by atoms with van der Waals surface area (Å²) >= 11 is 0. The molecule has 0 spiro atoms. The molecule has 7 nitrogen and oxygen atoms in total.